The van der Waals surface area contributed by atoms with Gasteiger partial charge in [-0.05, 0) is 68.0 Å². The highest BCUT2D eigenvalue weighted by Gasteiger charge is 2.24. The van der Waals surface area contributed by atoms with Crippen LogP contribution in [0.4, 0.5) is 15.2 Å². The molecule has 35 heavy (non-hydrogen) atoms. The number of benzene rings is 1. The smallest absolute Gasteiger partial charge is 0.265 e. The number of ether oxygens (including phenoxy) is 1. The van der Waals surface area contributed by atoms with Gasteiger partial charge >= 0.3 is 0 Å². The van der Waals surface area contributed by atoms with Crippen molar-refractivity contribution in [3.63, 3.8) is 0 Å². The molecule has 0 saturated heterocycles. The van der Waals surface area contributed by atoms with Crippen LogP contribution in [-0.4, -0.2) is 31.4 Å². The zero-order valence-corrected chi connectivity index (χ0v) is 21.4. The number of hydrogen-bond acceptors (Lipinski definition) is 7. The first-order valence-electron chi connectivity index (χ1n) is 11.3. The maximum Gasteiger partial charge on any atom is 0.265 e. The number of halogens is 1. The van der Waals surface area contributed by atoms with Crippen LogP contribution < -0.4 is 14.8 Å². The van der Waals surface area contributed by atoms with Crippen LogP contribution in [0.15, 0.2) is 35.4 Å². The molecule has 4 rings (SSSR count). The fourth-order valence-corrected chi connectivity index (χ4v) is 6.51. The Balaban J connectivity index is 1.60. The maximum absolute atomic E-state index is 13.3. The average molecular weight is 519 g/mol. The van der Waals surface area contributed by atoms with E-state index in [9.17, 15) is 17.6 Å². The van der Waals surface area contributed by atoms with Crippen LogP contribution >= 0.6 is 11.3 Å². The summed E-state index contributed by atoms with van der Waals surface area (Å²) in [5.74, 6) is -0.168. The summed E-state index contributed by atoms with van der Waals surface area (Å²) in [6.45, 7) is 3.39. The third-order valence-electron chi connectivity index (χ3n) is 6.03. The Morgan fingerprint density at radius 1 is 1.23 bits per heavy atom. The number of nitrogens with one attached hydrogen (secondary N) is 2. The molecule has 0 radical (unpaired) electrons. The van der Waals surface area contributed by atoms with Crippen molar-refractivity contribution in [1.29, 1.82) is 0 Å². The number of hydrogen-bond donors (Lipinski definition) is 2. The number of aromatic nitrogens is 2. The summed E-state index contributed by atoms with van der Waals surface area (Å²) in [4.78, 5) is 21.1. The third kappa shape index (κ3) is 5.79. The van der Waals surface area contributed by atoms with Crippen LogP contribution in [0.5, 0.6) is 5.75 Å². The molecule has 0 atom stereocenters. The molecule has 0 unspecified atom stereocenters. The Morgan fingerprint density at radius 3 is 2.66 bits per heavy atom. The molecule has 1 fully saturated rings. The molecule has 0 bridgehead atoms. The predicted octanol–water partition coefficient (Wildman–Crippen LogP) is 5.29. The highest BCUT2D eigenvalue weighted by atomic mass is 32.2. The van der Waals surface area contributed by atoms with Gasteiger partial charge < -0.3 is 10.1 Å². The standard InChI is InChI=1S/C24H27FN4O4S2/c1-14-10-21(25)26-13-18(14)29-35(31,32)20-12-17(8-9-19(20)33-3)23-15(2)27-24(34-23)28-22(30)11-16-6-4-5-7-16/h8-10,12-13,16,29H,4-7,11H2,1-3H3,(H,27,28,30). The van der Waals surface area contributed by atoms with E-state index >= 15 is 0 Å². The molecular weight excluding hydrogens is 491 g/mol. The van der Waals surface area contributed by atoms with Gasteiger partial charge in [0.15, 0.2) is 5.13 Å². The monoisotopic (exact) mass is 518 g/mol. The summed E-state index contributed by atoms with van der Waals surface area (Å²) in [6, 6.07) is 5.96. The molecule has 1 saturated carbocycles. The van der Waals surface area contributed by atoms with E-state index in [2.05, 4.69) is 20.0 Å². The molecule has 1 aromatic carbocycles. The van der Waals surface area contributed by atoms with E-state index in [0.717, 1.165) is 30.0 Å². The normalized spacial score (nSPS) is 14.2. The number of carbonyl (C=O) groups is 1. The molecule has 2 heterocycles. The van der Waals surface area contributed by atoms with Crippen LogP contribution in [0.25, 0.3) is 10.4 Å². The van der Waals surface area contributed by atoms with E-state index in [1.54, 1.807) is 19.1 Å². The quantitative estimate of drug-likeness (QED) is 0.392. The molecule has 186 valence electrons. The Hall–Kier alpha value is -3.05. The molecule has 0 aliphatic heterocycles. The number of sulfonamides is 1. The van der Waals surface area contributed by atoms with Crippen LogP contribution in [0.3, 0.4) is 0 Å². The first-order chi connectivity index (χ1) is 16.7. The first kappa shape index (κ1) is 25.1. The third-order valence-corrected chi connectivity index (χ3v) is 8.54. The summed E-state index contributed by atoms with van der Waals surface area (Å²) < 4.78 is 47.5. The lowest BCUT2D eigenvalue weighted by atomic mass is 10.0. The summed E-state index contributed by atoms with van der Waals surface area (Å²) in [5, 5.41) is 3.36. The number of rotatable bonds is 8. The van der Waals surface area contributed by atoms with Gasteiger partial charge in [0.25, 0.3) is 10.0 Å². The average Bonchev–Trinajstić information content (AvgIpc) is 3.44. The molecule has 1 amide bonds. The Labute approximate surface area is 208 Å². The molecule has 1 aliphatic rings. The molecule has 3 aromatic rings. The minimum Gasteiger partial charge on any atom is -0.495 e. The van der Waals surface area contributed by atoms with Crippen molar-refractivity contribution in [3.05, 3.63) is 47.7 Å². The van der Waals surface area contributed by atoms with Crippen molar-refractivity contribution in [2.75, 3.05) is 17.1 Å². The number of methoxy groups -OCH3 is 1. The fourth-order valence-electron chi connectivity index (χ4n) is 4.22. The number of pyridine rings is 1. The van der Waals surface area contributed by atoms with Crippen LogP contribution in [0, 0.1) is 25.7 Å². The number of anilines is 2. The second-order valence-corrected chi connectivity index (χ2v) is 11.3. The lowest BCUT2D eigenvalue weighted by molar-refractivity contribution is -0.117. The number of nitrogens with zero attached hydrogens (tertiary/aromatic N) is 2. The van der Waals surface area contributed by atoms with E-state index in [0.29, 0.717) is 34.3 Å². The van der Waals surface area contributed by atoms with E-state index in [1.807, 2.05) is 6.92 Å². The Kier molecular flexibility index (Phi) is 7.36. The Bertz CT molecular complexity index is 1350. The van der Waals surface area contributed by atoms with Gasteiger partial charge in [-0.25, -0.2) is 18.4 Å². The molecule has 11 heteroatoms. The van der Waals surface area contributed by atoms with E-state index in [-0.39, 0.29) is 22.2 Å². The second kappa shape index (κ2) is 10.3. The molecular formula is C24H27FN4O4S2. The number of thiazole rings is 1. The van der Waals surface area contributed by atoms with Gasteiger partial charge in [-0.15, -0.1) is 0 Å². The molecule has 8 nitrogen and oxygen atoms in total. The van der Waals surface area contributed by atoms with Gasteiger partial charge in [0, 0.05) is 6.42 Å². The van der Waals surface area contributed by atoms with Gasteiger partial charge in [0.2, 0.25) is 11.9 Å². The van der Waals surface area contributed by atoms with Gasteiger partial charge in [-0.1, -0.05) is 24.2 Å². The van der Waals surface area contributed by atoms with Crippen molar-refractivity contribution < 1.29 is 22.3 Å². The van der Waals surface area contributed by atoms with Crippen LogP contribution in [0.2, 0.25) is 0 Å². The lowest BCUT2D eigenvalue weighted by Crippen LogP contribution is -2.15. The predicted molar refractivity (Wildman–Crippen MR) is 134 cm³/mol. The Morgan fingerprint density at radius 2 is 1.97 bits per heavy atom. The lowest BCUT2D eigenvalue weighted by Gasteiger charge is -2.14. The zero-order chi connectivity index (χ0) is 25.2. The summed E-state index contributed by atoms with van der Waals surface area (Å²) in [5.41, 5.74) is 1.85. The topological polar surface area (TPSA) is 110 Å². The molecule has 2 N–H and O–H groups in total. The SMILES string of the molecule is COc1ccc(-c2sc(NC(=O)CC3CCCC3)nc2C)cc1S(=O)(=O)Nc1cnc(F)cc1C. The highest BCUT2D eigenvalue weighted by molar-refractivity contribution is 7.92. The van der Waals surface area contributed by atoms with Crippen molar-refractivity contribution in [2.24, 2.45) is 5.92 Å². The molecule has 0 spiro atoms. The van der Waals surface area contributed by atoms with Crippen molar-refractivity contribution in [3.8, 4) is 16.2 Å². The fraction of sp³-hybridized carbons (Fsp3) is 0.375. The summed E-state index contributed by atoms with van der Waals surface area (Å²) >= 11 is 1.29. The van der Waals surface area contributed by atoms with Crippen molar-refractivity contribution >= 4 is 38.1 Å². The van der Waals surface area contributed by atoms with Crippen molar-refractivity contribution in [2.45, 2.75) is 50.8 Å². The van der Waals surface area contributed by atoms with Crippen LogP contribution in [-0.2, 0) is 14.8 Å². The second-order valence-electron chi connectivity index (χ2n) is 8.63. The largest absolute Gasteiger partial charge is 0.495 e. The van der Waals surface area contributed by atoms with Gasteiger partial charge in [0.1, 0.15) is 10.6 Å². The first-order valence-corrected chi connectivity index (χ1v) is 13.6. The molecule has 1 aliphatic carbocycles. The van der Waals surface area contributed by atoms with Gasteiger partial charge in [-0.2, -0.15) is 4.39 Å². The maximum atomic E-state index is 13.3. The summed E-state index contributed by atoms with van der Waals surface area (Å²) in [7, 11) is -2.70. The van der Waals surface area contributed by atoms with Crippen LogP contribution in [0.1, 0.15) is 43.4 Å². The summed E-state index contributed by atoms with van der Waals surface area (Å²) in [6.07, 6.45) is 6.13. The van der Waals surface area contributed by atoms with Gasteiger partial charge in [0.05, 0.1) is 29.6 Å². The van der Waals surface area contributed by atoms with E-state index < -0.39 is 16.0 Å². The van der Waals surface area contributed by atoms with Gasteiger partial charge in [-0.3, -0.25) is 9.52 Å². The number of carbonyl (C=O) groups excluding carboxylic acids is 1. The number of aryl methyl sites for hydroxylation is 2. The van der Waals surface area contributed by atoms with E-state index in [4.69, 9.17) is 4.74 Å². The van der Waals surface area contributed by atoms with E-state index in [1.165, 1.54) is 37.4 Å². The highest BCUT2D eigenvalue weighted by Crippen LogP contribution is 2.37. The minimum atomic E-state index is -4.08. The minimum absolute atomic E-state index is 0.0531. The molecule has 2 aromatic heterocycles. The number of amides is 1. The van der Waals surface area contributed by atoms with Crippen molar-refractivity contribution in [1.82, 2.24) is 9.97 Å². The zero-order valence-electron chi connectivity index (χ0n) is 19.7.